The summed E-state index contributed by atoms with van der Waals surface area (Å²) in [6.45, 7) is 2.71. The van der Waals surface area contributed by atoms with Crippen LogP contribution in [0.1, 0.15) is 23.7 Å². The van der Waals surface area contributed by atoms with E-state index >= 15 is 0 Å². The maximum Gasteiger partial charge on any atom is 0.261 e. The number of methoxy groups -OCH3 is 1. The molecule has 1 aromatic carbocycles. The van der Waals surface area contributed by atoms with Gasteiger partial charge in [0.1, 0.15) is 5.75 Å². The van der Waals surface area contributed by atoms with Crippen LogP contribution in [0.2, 0.25) is 0 Å². The topological polar surface area (TPSA) is 72.5 Å². The molecule has 0 bridgehead atoms. The first kappa shape index (κ1) is 15.1. The molecular weight excluding hydrogens is 302 g/mol. The van der Waals surface area contributed by atoms with Gasteiger partial charge in [0.2, 0.25) is 0 Å². The predicted molar refractivity (Wildman–Crippen MR) is 75.6 cm³/mol. The number of halogens is 1. The molecule has 0 spiro atoms. The number of hydrogen-bond donors (Lipinski definition) is 1. The molecule has 1 saturated carbocycles. The predicted octanol–water partition coefficient (Wildman–Crippen LogP) is 2.01. The minimum atomic E-state index is -3.87. The lowest BCUT2D eigenvalue weighted by Crippen LogP contribution is -2.26. The zero-order valence-electron chi connectivity index (χ0n) is 11.2. The van der Waals surface area contributed by atoms with Crippen molar-refractivity contribution in [1.29, 1.82) is 0 Å². The Hall–Kier alpha value is -1.27. The second-order valence-corrected chi connectivity index (χ2v) is 7.55. The summed E-state index contributed by atoms with van der Waals surface area (Å²) in [5, 5.41) is 2.79. The molecule has 1 amide bonds. The van der Waals surface area contributed by atoms with Gasteiger partial charge in [0.15, 0.2) is 0 Å². The van der Waals surface area contributed by atoms with Gasteiger partial charge in [0.05, 0.1) is 17.6 Å². The third-order valence-corrected chi connectivity index (χ3v) is 4.85. The number of benzene rings is 1. The standard InChI is InChI=1S/C13H16ClNO4S/c1-8-5-9(8)7-15-13(16)11-6-10(20(14,17)18)3-4-12(11)19-2/h3-4,6,8-9H,5,7H2,1-2H3,(H,15,16). The molecule has 20 heavy (non-hydrogen) atoms. The van der Waals surface area contributed by atoms with E-state index in [1.54, 1.807) is 0 Å². The van der Waals surface area contributed by atoms with Gasteiger partial charge in [0, 0.05) is 17.2 Å². The molecule has 0 radical (unpaired) electrons. The highest BCUT2D eigenvalue weighted by Gasteiger charge is 2.32. The smallest absolute Gasteiger partial charge is 0.261 e. The van der Waals surface area contributed by atoms with E-state index < -0.39 is 9.05 Å². The molecule has 0 saturated heterocycles. The quantitative estimate of drug-likeness (QED) is 0.843. The molecule has 0 aliphatic heterocycles. The first-order valence-corrected chi connectivity index (χ1v) is 8.54. The molecule has 0 heterocycles. The van der Waals surface area contributed by atoms with E-state index in [1.807, 2.05) is 0 Å². The van der Waals surface area contributed by atoms with E-state index in [1.165, 1.54) is 25.3 Å². The molecule has 1 aromatic rings. The largest absolute Gasteiger partial charge is 0.496 e. The average molecular weight is 318 g/mol. The van der Waals surface area contributed by atoms with Crippen LogP contribution in [0.3, 0.4) is 0 Å². The van der Waals surface area contributed by atoms with E-state index in [0.717, 1.165) is 6.42 Å². The van der Waals surface area contributed by atoms with Crippen LogP contribution < -0.4 is 10.1 Å². The number of carbonyl (C=O) groups excluding carboxylic acids is 1. The first-order valence-electron chi connectivity index (χ1n) is 6.24. The first-order chi connectivity index (χ1) is 9.32. The van der Waals surface area contributed by atoms with Crippen molar-refractivity contribution < 1.29 is 17.9 Å². The number of hydrogen-bond acceptors (Lipinski definition) is 4. The molecule has 110 valence electrons. The van der Waals surface area contributed by atoms with Gasteiger partial charge in [-0.2, -0.15) is 0 Å². The summed E-state index contributed by atoms with van der Waals surface area (Å²) in [6, 6.07) is 3.96. The van der Waals surface area contributed by atoms with Crippen molar-refractivity contribution in [3.05, 3.63) is 23.8 Å². The normalized spacial score (nSPS) is 21.4. The summed E-state index contributed by atoms with van der Waals surface area (Å²) in [6.07, 6.45) is 1.10. The SMILES string of the molecule is COc1ccc(S(=O)(=O)Cl)cc1C(=O)NCC1CC1C. The Morgan fingerprint density at radius 2 is 2.15 bits per heavy atom. The van der Waals surface area contributed by atoms with Gasteiger partial charge in [-0.25, -0.2) is 8.42 Å². The highest BCUT2D eigenvalue weighted by atomic mass is 35.7. The van der Waals surface area contributed by atoms with Crippen LogP contribution in [0.4, 0.5) is 0 Å². The van der Waals surface area contributed by atoms with Crippen LogP contribution in [0, 0.1) is 11.8 Å². The molecule has 2 rings (SSSR count). The highest BCUT2D eigenvalue weighted by molar-refractivity contribution is 8.13. The molecule has 1 N–H and O–H groups in total. The Balaban J connectivity index is 2.21. The van der Waals surface area contributed by atoms with Crippen molar-refractivity contribution in [2.24, 2.45) is 11.8 Å². The lowest BCUT2D eigenvalue weighted by Gasteiger charge is -2.10. The molecular formula is C13H16ClNO4S. The van der Waals surface area contributed by atoms with Gasteiger partial charge >= 0.3 is 0 Å². The van der Waals surface area contributed by atoms with Crippen molar-refractivity contribution in [3.63, 3.8) is 0 Å². The Labute approximate surface area is 122 Å². The molecule has 5 nitrogen and oxygen atoms in total. The highest BCUT2D eigenvalue weighted by Crippen LogP contribution is 2.36. The fraction of sp³-hybridized carbons (Fsp3) is 0.462. The van der Waals surface area contributed by atoms with Gasteiger partial charge in [-0.3, -0.25) is 4.79 Å². The fourth-order valence-electron chi connectivity index (χ4n) is 2.02. The molecule has 1 fully saturated rings. The number of nitrogens with one attached hydrogen (secondary N) is 1. The molecule has 7 heteroatoms. The summed E-state index contributed by atoms with van der Waals surface area (Å²) in [7, 11) is 2.83. The second kappa shape index (κ2) is 5.61. The zero-order chi connectivity index (χ0) is 14.9. The van der Waals surface area contributed by atoms with Crippen molar-refractivity contribution >= 4 is 25.6 Å². The molecule has 0 aromatic heterocycles. The van der Waals surface area contributed by atoms with Crippen molar-refractivity contribution in [2.45, 2.75) is 18.2 Å². The maximum absolute atomic E-state index is 12.1. The van der Waals surface area contributed by atoms with Crippen LogP contribution in [-0.2, 0) is 9.05 Å². The number of amides is 1. The minimum absolute atomic E-state index is 0.120. The fourth-order valence-corrected chi connectivity index (χ4v) is 2.80. The Morgan fingerprint density at radius 3 is 2.65 bits per heavy atom. The van der Waals surface area contributed by atoms with Crippen molar-refractivity contribution in [3.8, 4) is 5.75 Å². The number of rotatable bonds is 5. The van der Waals surface area contributed by atoms with Gasteiger partial charge < -0.3 is 10.1 Å². The number of ether oxygens (including phenoxy) is 1. The van der Waals surface area contributed by atoms with Crippen LogP contribution in [0.25, 0.3) is 0 Å². The maximum atomic E-state index is 12.1. The summed E-state index contributed by atoms with van der Waals surface area (Å²) in [4.78, 5) is 12.0. The van der Waals surface area contributed by atoms with Crippen LogP contribution in [0.5, 0.6) is 5.75 Å². The average Bonchev–Trinajstić information content (AvgIpc) is 3.10. The summed E-state index contributed by atoms with van der Waals surface area (Å²) < 4.78 is 27.7. The van der Waals surface area contributed by atoms with Gasteiger partial charge in [-0.05, 0) is 36.5 Å². The van der Waals surface area contributed by atoms with Gasteiger partial charge in [-0.15, -0.1) is 0 Å². The Morgan fingerprint density at radius 1 is 1.50 bits per heavy atom. The lowest BCUT2D eigenvalue weighted by atomic mass is 10.2. The third-order valence-electron chi connectivity index (χ3n) is 3.50. The van der Waals surface area contributed by atoms with Gasteiger partial charge in [-0.1, -0.05) is 6.92 Å². The van der Waals surface area contributed by atoms with Gasteiger partial charge in [0.25, 0.3) is 15.0 Å². The van der Waals surface area contributed by atoms with Crippen molar-refractivity contribution in [2.75, 3.05) is 13.7 Å². The number of carbonyl (C=O) groups is 1. The molecule has 2 unspecified atom stereocenters. The summed E-state index contributed by atoms with van der Waals surface area (Å²) >= 11 is 0. The summed E-state index contributed by atoms with van der Waals surface area (Å²) in [5.41, 5.74) is 0.169. The van der Waals surface area contributed by atoms with Crippen LogP contribution in [-0.4, -0.2) is 28.0 Å². The molecule has 2 atom stereocenters. The Kier molecular flexibility index (Phi) is 4.25. The van der Waals surface area contributed by atoms with E-state index in [-0.39, 0.29) is 16.4 Å². The van der Waals surface area contributed by atoms with Crippen LogP contribution >= 0.6 is 10.7 Å². The zero-order valence-corrected chi connectivity index (χ0v) is 12.8. The minimum Gasteiger partial charge on any atom is -0.496 e. The lowest BCUT2D eigenvalue weighted by molar-refractivity contribution is 0.0948. The van der Waals surface area contributed by atoms with Crippen LogP contribution in [0.15, 0.2) is 23.1 Å². The monoisotopic (exact) mass is 317 g/mol. The molecule has 1 aliphatic rings. The van der Waals surface area contributed by atoms with E-state index in [9.17, 15) is 13.2 Å². The Bertz CT molecular complexity index is 629. The third kappa shape index (κ3) is 3.43. The van der Waals surface area contributed by atoms with E-state index in [2.05, 4.69) is 12.2 Å². The van der Waals surface area contributed by atoms with E-state index in [4.69, 9.17) is 15.4 Å². The van der Waals surface area contributed by atoms with Crippen molar-refractivity contribution in [1.82, 2.24) is 5.32 Å². The molecule has 1 aliphatic carbocycles. The van der Waals surface area contributed by atoms with E-state index in [0.29, 0.717) is 24.1 Å². The summed E-state index contributed by atoms with van der Waals surface area (Å²) in [5.74, 6) is 1.09. The second-order valence-electron chi connectivity index (χ2n) is 4.98.